The van der Waals surface area contributed by atoms with Crippen molar-refractivity contribution in [1.29, 1.82) is 0 Å². The number of hydrogen-bond acceptors (Lipinski definition) is 4. The zero-order chi connectivity index (χ0) is 15.9. The fourth-order valence-corrected chi connectivity index (χ4v) is 1.82. The maximum Gasteiger partial charge on any atom is 0.182 e. The van der Waals surface area contributed by atoms with Crippen LogP contribution in [0.4, 0.5) is 0 Å². The third-order valence-corrected chi connectivity index (χ3v) is 3.12. The van der Waals surface area contributed by atoms with Crippen LogP contribution >= 0.6 is 0 Å². The second-order valence-electron chi connectivity index (χ2n) is 4.87. The van der Waals surface area contributed by atoms with Crippen LogP contribution < -0.4 is 10.9 Å². The Morgan fingerprint density at radius 2 is 1.27 bits per heavy atom. The van der Waals surface area contributed by atoms with Crippen molar-refractivity contribution in [2.24, 2.45) is 24.1 Å². The summed E-state index contributed by atoms with van der Waals surface area (Å²) in [5.74, 6) is 0. The minimum Gasteiger partial charge on any atom is -0.350 e. The lowest BCUT2D eigenvalue weighted by molar-refractivity contribution is 0.883. The Hall–Kier alpha value is -2.76. The highest BCUT2D eigenvalue weighted by atomic mass is 16.1. The highest BCUT2D eigenvalue weighted by Crippen LogP contribution is 1.91. The third-order valence-electron chi connectivity index (χ3n) is 3.12. The summed E-state index contributed by atoms with van der Waals surface area (Å²) in [5.41, 5.74) is 1.43. The van der Waals surface area contributed by atoms with Crippen LogP contribution in [0, 0.1) is 0 Å². The molecule has 2 aromatic heterocycles. The van der Waals surface area contributed by atoms with Crippen molar-refractivity contribution in [3.63, 3.8) is 0 Å². The SMILES string of the molecule is Cn1ccc(=O)cc1C=NCCN=Cc1cc(=O)ccn1C. The largest absolute Gasteiger partial charge is 0.350 e. The monoisotopic (exact) mass is 298 g/mol. The van der Waals surface area contributed by atoms with Crippen molar-refractivity contribution in [3.8, 4) is 0 Å². The molecule has 0 saturated heterocycles. The van der Waals surface area contributed by atoms with Crippen LogP contribution in [0.15, 0.2) is 56.2 Å². The van der Waals surface area contributed by atoms with E-state index in [-0.39, 0.29) is 10.9 Å². The van der Waals surface area contributed by atoms with Crippen LogP contribution in [0.2, 0.25) is 0 Å². The number of nitrogens with zero attached hydrogens (tertiary/aromatic N) is 4. The van der Waals surface area contributed by atoms with Crippen molar-refractivity contribution >= 4 is 12.4 Å². The Balaban J connectivity index is 1.91. The molecule has 0 fully saturated rings. The van der Waals surface area contributed by atoms with Crippen molar-refractivity contribution < 1.29 is 0 Å². The first-order valence-electron chi connectivity index (χ1n) is 6.89. The van der Waals surface area contributed by atoms with E-state index in [1.165, 1.54) is 24.3 Å². The molecule has 6 nitrogen and oxygen atoms in total. The average molecular weight is 298 g/mol. The lowest BCUT2D eigenvalue weighted by Crippen LogP contribution is -2.08. The molecule has 0 aliphatic carbocycles. The zero-order valence-corrected chi connectivity index (χ0v) is 12.6. The number of aryl methyl sites for hydroxylation is 2. The maximum absolute atomic E-state index is 11.3. The highest BCUT2D eigenvalue weighted by Gasteiger charge is 1.94. The molecule has 6 heteroatoms. The summed E-state index contributed by atoms with van der Waals surface area (Å²) in [7, 11) is 3.71. The molecule has 22 heavy (non-hydrogen) atoms. The molecule has 0 atom stereocenters. The molecule has 0 unspecified atom stereocenters. The molecule has 2 rings (SSSR count). The maximum atomic E-state index is 11.3. The molecule has 0 N–H and O–H groups in total. The topological polar surface area (TPSA) is 68.7 Å². The van der Waals surface area contributed by atoms with Crippen molar-refractivity contribution in [1.82, 2.24) is 9.13 Å². The molecule has 0 aliphatic heterocycles. The zero-order valence-electron chi connectivity index (χ0n) is 12.6. The summed E-state index contributed by atoms with van der Waals surface area (Å²) >= 11 is 0. The van der Waals surface area contributed by atoms with Gasteiger partial charge in [-0.15, -0.1) is 0 Å². The first-order valence-corrected chi connectivity index (χ1v) is 6.89. The number of pyridine rings is 2. The van der Waals surface area contributed by atoms with Gasteiger partial charge in [0.1, 0.15) is 0 Å². The van der Waals surface area contributed by atoms with E-state index in [9.17, 15) is 9.59 Å². The molecule has 0 radical (unpaired) electrons. The van der Waals surface area contributed by atoms with Gasteiger partial charge in [0.25, 0.3) is 0 Å². The van der Waals surface area contributed by atoms with Gasteiger partial charge in [-0.2, -0.15) is 0 Å². The minimum atomic E-state index is -0.0393. The molecule has 0 aliphatic rings. The third kappa shape index (κ3) is 4.37. The minimum absolute atomic E-state index is 0.0393. The van der Waals surface area contributed by atoms with Gasteiger partial charge in [-0.25, -0.2) is 0 Å². The Labute approximate surface area is 128 Å². The fraction of sp³-hybridized carbons (Fsp3) is 0.250. The normalized spacial score (nSPS) is 11.5. The van der Waals surface area contributed by atoms with Gasteiger partial charge in [0.05, 0.1) is 24.5 Å². The van der Waals surface area contributed by atoms with E-state index in [4.69, 9.17) is 0 Å². The van der Waals surface area contributed by atoms with E-state index in [2.05, 4.69) is 9.98 Å². The Morgan fingerprint density at radius 3 is 1.68 bits per heavy atom. The van der Waals surface area contributed by atoms with Gasteiger partial charge in [-0.3, -0.25) is 19.6 Å². The van der Waals surface area contributed by atoms with Gasteiger partial charge in [-0.1, -0.05) is 0 Å². The number of aliphatic imine (C=N–C) groups is 2. The lowest BCUT2D eigenvalue weighted by Gasteiger charge is -2.02. The standard InChI is InChI=1S/C16H18N4O2/c1-19-7-3-15(21)9-13(19)11-17-5-6-18-12-14-10-16(22)4-8-20(14)2/h3-4,7-12H,5-6H2,1-2H3. The van der Waals surface area contributed by atoms with Crippen LogP contribution in [-0.4, -0.2) is 34.7 Å². The molecule has 2 aromatic rings. The van der Waals surface area contributed by atoms with E-state index < -0.39 is 0 Å². The van der Waals surface area contributed by atoms with Crippen molar-refractivity contribution in [2.45, 2.75) is 0 Å². The summed E-state index contributed by atoms with van der Waals surface area (Å²) in [5, 5.41) is 0. The lowest BCUT2D eigenvalue weighted by atomic mass is 10.3. The van der Waals surface area contributed by atoms with Crippen LogP contribution in [0.5, 0.6) is 0 Å². The fourth-order valence-electron chi connectivity index (χ4n) is 1.82. The van der Waals surface area contributed by atoms with Crippen LogP contribution in [-0.2, 0) is 14.1 Å². The van der Waals surface area contributed by atoms with Gasteiger partial charge in [-0.05, 0) is 0 Å². The first-order chi connectivity index (χ1) is 10.6. The van der Waals surface area contributed by atoms with Crippen molar-refractivity contribution in [2.75, 3.05) is 13.1 Å². The van der Waals surface area contributed by atoms with Gasteiger partial charge < -0.3 is 9.13 Å². The van der Waals surface area contributed by atoms with E-state index in [0.29, 0.717) is 13.1 Å². The van der Waals surface area contributed by atoms with E-state index in [1.807, 2.05) is 23.2 Å². The Kier molecular flexibility index (Phi) is 5.19. The van der Waals surface area contributed by atoms with E-state index >= 15 is 0 Å². The van der Waals surface area contributed by atoms with E-state index in [1.54, 1.807) is 24.8 Å². The van der Waals surface area contributed by atoms with Crippen LogP contribution in [0.1, 0.15) is 11.4 Å². The summed E-state index contributed by atoms with van der Waals surface area (Å²) in [6.45, 7) is 1.03. The molecule has 0 bridgehead atoms. The molecule has 0 saturated carbocycles. The van der Waals surface area contributed by atoms with Gasteiger partial charge in [0, 0.05) is 63.2 Å². The summed E-state index contributed by atoms with van der Waals surface area (Å²) in [6, 6.07) is 6.08. The molecule has 0 spiro atoms. The Bertz CT molecular complexity index is 746. The summed E-state index contributed by atoms with van der Waals surface area (Å²) < 4.78 is 3.65. The first kappa shape index (κ1) is 15.6. The predicted octanol–water partition coefficient (Wildman–Crippen LogP) is 0.622. The number of hydrogen-bond donors (Lipinski definition) is 0. The number of aromatic nitrogens is 2. The molecular formula is C16H18N4O2. The summed E-state index contributed by atoms with van der Waals surface area (Å²) in [4.78, 5) is 31.0. The van der Waals surface area contributed by atoms with E-state index in [0.717, 1.165) is 11.4 Å². The molecule has 0 aromatic carbocycles. The smallest absolute Gasteiger partial charge is 0.182 e. The highest BCUT2D eigenvalue weighted by molar-refractivity contribution is 5.78. The van der Waals surface area contributed by atoms with Gasteiger partial charge in [0.15, 0.2) is 10.9 Å². The average Bonchev–Trinajstić information content (AvgIpc) is 2.49. The summed E-state index contributed by atoms with van der Waals surface area (Å²) in [6.07, 6.45) is 6.74. The van der Waals surface area contributed by atoms with Crippen LogP contribution in [0.25, 0.3) is 0 Å². The second-order valence-corrected chi connectivity index (χ2v) is 4.87. The van der Waals surface area contributed by atoms with Crippen LogP contribution in [0.3, 0.4) is 0 Å². The molecular weight excluding hydrogens is 280 g/mol. The van der Waals surface area contributed by atoms with Gasteiger partial charge >= 0.3 is 0 Å². The molecule has 2 heterocycles. The second kappa shape index (κ2) is 7.31. The predicted molar refractivity (Wildman–Crippen MR) is 88.3 cm³/mol. The molecule has 0 amide bonds. The van der Waals surface area contributed by atoms with Crippen molar-refractivity contribution in [3.05, 3.63) is 68.5 Å². The van der Waals surface area contributed by atoms with Gasteiger partial charge in [0.2, 0.25) is 0 Å². The quantitative estimate of drug-likeness (QED) is 0.600. The number of rotatable bonds is 5. The molecule has 114 valence electrons. The Morgan fingerprint density at radius 1 is 0.864 bits per heavy atom.